The monoisotopic (exact) mass is 975 g/mol. The molecule has 59 heavy (non-hydrogen) atoms. The Morgan fingerprint density at radius 2 is 0.949 bits per heavy atom. The molecule has 0 aromatic heterocycles. The van der Waals surface area contributed by atoms with Crippen molar-refractivity contribution in [3.8, 4) is 0 Å². The molecule has 2 aliphatic rings. The number of fused-ring (bicyclic) bond motifs is 1. The van der Waals surface area contributed by atoms with Crippen LogP contribution in [0.2, 0.25) is 0 Å². The van der Waals surface area contributed by atoms with Gasteiger partial charge in [0.25, 0.3) is 0 Å². The second-order valence-electron chi connectivity index (χ2n) is 16.9. The van der Waals surface area contributed by atoms with Crippen molar-refractivity contribution < 1.29 is 18.7 Å². The van der Waals surface area contributed by atoms with Crippen molar-refractivity contribution in [2.45, 2.75) is 82.4 Å². The first-order chi connectivity index (χ1) is 28.7. The van der Waals surface area contributed by atoms with Crippen LogP contribution in [0.5, 0.6) is 0 Å². The summed E-state index contributed by atoms with van der Waals surface area (Å²) in [7, 11) is 7.49. The molecule has 0 bridgehead atoms. The number of rotatable bonds is 12. The first-order valence-corrected chi connectivity index (χ1v) is 25.0. The molecule has 1 unspecified atom stereocenters. The summed E-state index contributed by atoms with van der Waals surface area (Å²) < 4.78 is -0.0905. The fraction of sp³-hybridized carbons (Fsp3) is 0.236. The SMILES string of the molecule is Cc1cc(C(c2ccccc2)c2ccccc2)c(N2C=C3C=CC=C(c4c(C(C)C)cc(C(C)C)cc4C(C)C)N3[CH]2[Au][Cl])c(C(c2ccccc2)c2ccccc2)c1. The molecule has 6 aromatic carbocycles. The normalized spacial score (nSPS) is 15.2. The molecule has 0 saturated heterocycles. The molecule has 6 aromatic rings. The van der Waals surface area contributed by atoms with Gasteiger partial charge in [-0.1, -0.05) is 0 Å². The van der Waals surface area contributed by atoms with Crippen molar-refractivity contribution in [3.63, 3.8) is 0 Å². The fourth-order valence-corrected chi connectivity index (χ4v) is 11.6. The Kier molecular flexibility index (Phi) is 12.3. The van der Waals surface area contributed by atoms with Crippen molar-refractivity contribution in [2.75, 3.05) is 4.90 Å². The van der Waals surface area contributed by atoms with Gasteiger partial charge in [-0.15, -0.1) is 0 Å². The molecule has 0 fully saturated rings. The number of nitrogens with zero attached hydrogens (tertiary/aromatic N) is 2. The first-order valence-electron chi connectivity index (χ1n) is 21.0. The maximum absolute atomic E-state index is 7.49. The molecule has 2 heterocycles. The van der Waals surface area contributed by atoms with E-state index < -0.39 is 18.7 Å². The quantitative estimate of drug-likeness (QED) is 0.0891. The number of anilines is 1. The minimum absolute atomic E-state index is 0.0175. The third kappa shape index (κ3) is 8.09. The Morgan fingerprint density at radius 1 is 0.525 bits per heavy atom. The van der Waals surface area contributed by atoms with Crippen molar-refractivity contribution >= 4 is 20.6 Å². The Hall–Kier alpha value is -4.83. The van der Waals surface area contributed by atoms with E-state index in [-0.39, 0.29) is 16.2 Å². The van der Waals surface area contributed by atoms with E-state index in [9.17, 15) is 0 Å². The number of allylic oxidation sites excluding steroid dienone is 3. The summed E-state index contributed by atoms with van der Waals surface area (Å²) in [6.45, 7) is 16.3. The molecule has 303 valence electrons. The summed E-state index contributed by atoms with van der Waals surface area (Å²) in [4.78, 5) is 5.14. The minimum atomic E-state index is -0.742. The van der Waals surface area contributed by atoms with Crippen LogP contribution in [0, 0.1) is 6.92 Å². The summed E-state index contributed by atoms with van der Waals surface area (Å²) in [6, 6.07) is 54.0. The van der Waals surface area contributed by atoms with Crippen molar-refractivity contribution in [2.24, 2.45) is 0 Å². The zero-order chi connectivity index (χ0) is 41.2. The van der Waals surface area contributed by atoms with Gasteiger partial charge in [-0.25, -0.2) is 0 Å². The van der Waals surface area contributed by atoms with Crippen LogP contribution in [-0.4, -0.2) is 9.28 Å². The van der Waals surface area contributed by atoms with Gasteiger partial charge in [0.1, 0.15) is 0 Å². The first kappa shape index (κ1) is 40.9. The van der Waals surface area contributed by atoms with E-state index in [1.165, 1.54) is 78.3 Å². The van der Waals surface area contributed by atoms with Gasteiger partial charge in [0.15, 0.2) is 0 Å². The van der Waals surface area contributed by atoms with Crippen LogP contribution >= 0.6 is 9.19 Å². The van der Waals surface area contributed by atoms with Crippen molar-refractivity contribution in [1.82, 2.24) is 4.90 Å². The molecular formula is C55H55AuClN2. The molecule has 0 amide bonds. The van der Waals surface area contributed by atoms with Crippen LogP contribution in [0.1, 0.15) is 132 Å². The van der Waals surface area contributed by atoms with Crippen molar-refractivity contribution in [3.05, 3.63) is 237 Å². The average Bonchev–Trinajstić information content (AvgIpc) is 3.63. The molecule has 0 radical (unpaired) electrons. The standard InChI is InChI=1S/C55H55N2.Au.ClH/c1-37(2)45-33-47(38(3)4)54(48(34-45)39(5)6)51-30-20-29-46-35-56(36-57(46)51)55-49(52(41-21-12-8-13-22-41)42-23-14-9-15-24-42)31-40(7)32-50(55)53(43-25-16-10-17-26-43)44-27-18-11-19-28-44;;/h8-39,52-53H,1-7H3;;1H/q;+1;/p-1. The molecule has 2 aliphatic heterocycles. The zero-order valence-corrected chi connectivity index (χ0v) is 38.1. The van der Waals surface area contributed by atoms with E-state index in [4.69, 9.17) is 9.19 Å². The van der Waals surface area contributed by atoms with Gasteiger partial charge in [-0.05, 0) is 0 Å². The molecule has 4 heteroatoms. The van der Waals surface area contributed by atoms with E-state index in [2.05, 4.69) is 228 Å². The Bertz CT molecular complexity index is 2270. The number of halogens is 1. The van der Waals surface area contributed by atoms with Crippen molar-refractivity contribution in [1.29, 1.82) is 0 Å². The van der Waals surface area contributed by atoms with Crippen LogP contribution < -0.4 is 4.90 Å². The van der Waals surface area contributed by atoms with Crippen LogP contribution in [0.25, 0.3) is 5.70 Å². The second-order valence-corrected chi connectivity index (χ2v) is 19.6. The van der Waals surface area contributed by atoms with Crippen LogP contribution in [0.4, 0.5) is 5.69 Å². The third-order valence-electron chi connectivity index (χ3n) is 11.9. The molecule has 8 rings (SSSR count). The Morgan fingerprint density at radius 3 is 1.32 bits per heavy atom. The molecule has 1 atom stereocenters. The number of benzene rings is 6. The van der Waals surface area contributed by atoms with Gasteiger partial charge in [0.2, 0.25) is 0 Å². The van der Waals surface area contributed by atoms with Crippen LogP contribution in [-0.2, 0) is 18.7 Å². The summed E-state index contributed by atoms with van der Waals surface area (Å²) in [5.41, 5.74) is 18.1. The van der Waals surface area contributed by atoms with Gasteiger partial charge in [-0.2, -0.15) is 0 Å². The van der Waals surface area contributed by atoms with E-state index in [1.807, 2.05) is 0 Å². The van der Waals surface area contributed by atoms with E-state index in [1.54, 1.807) is 0 Å². The summed E-state index contributed by atoms with van der Waals surface area (Å²) in [6.07, 6.45) is 9.27. The zero-order valence-electron chi connectivity index (χ0n) is 35.2. The summed E-state index contributed by atoms with van der Waals surface area (Å²) >= 11 is -0.742. The number of hydrogen-bond acceptors (Lipinski definition) is 2. The predicted molar refractivity (Wildman–Crippen MR) is 247 cm³/mol. The Labute approximate surface area is 366 Å². The van der Waals surface area contributed by atoms with E-state index in [0.717, 1.165) is 0 Å². The van der Waals surface area contributed by atoms with Crippen LogP contribution in [0.15, 0.2) is 176 Å². The molecule has 0 N–H and O–H groups in total. The number of aryl methyl sites for hydroxylation is 1. The van der Waals surface area contributed by atoms with E-state index >= 15 is 0 Å². The van der Waals surface area contributed by atoms with Gasteiger partial charge >= 0.3 is 368 Å². The maximum atomic E-state index is 7.49. The van der Waals surface area contributed by atoms with Gasteiger partial charge in [-0.3, -0.25) is 0 Å². The van der Waals surface area contributed by atoms with Crippen LogP contribution in [0.3, 0.4) is 0 Å². The topological polar surface area (TPSA) is 6.48 Å². The molecular weight excluding hydrogens is 921 g/mol. The fourth-order valence-electron chi connectivity index (χ4n) is 9.12. The summed E-state index contributed by atoms with van der Waals surface area (Å²) in [5, 5.41) is 0. The second kappa shape index (κ2) is 17.8. The molecule has 0 aliphatic carbocycles. The van der Waals surface area contributed by atoms with Gasteiger partial charge < -0.3 is 0 Å². The summed E-state index contributed by atoms with van der Waals surface area (Å²) in [5.74, 6) is 1.12. The predicted octanol–water partition coefficient (Wildman–Crippen LogP) is 14.8. The van der Waals surface area contributed by atoms with Gasteiger partial charge in [0, 0.05) is 0 Å². The Balaban J connectivity index is 1.41. The molecule has 2 nitrogen and oxygen atoms in total. The third-order valence-corrected chi connectivity index (χ3v) is 14.5. The van der Waals surface area contributed by atoms with Gasteiger partial charge in [0.05, 0.1) is 0 Å². The van der Waals surface area contributed by atoms with E-state index in [0.29, 0.717) is 17.8 Å². The molecule has 0 spiro atoms. The average molecular weight is 976 g/mol. The number of hydrogen-bond donors (Lipinski definition) is 0. The molecule has 0 saturated carbocycles.